The standard InChI is InChI=1S/C18H36N2/c1-7-13-14-15-17(19-16-8-2)18(9-3,10-4)20(11-5)12-6/h17,19H,8-12,14-16H2,1-6H3. The number of rotatable bonds is 11. The van der Waals surface area contributed by atoms with Gasteiger partial charge in [-0.1, -0.05) is 34.6 Å². The molecule has 1 unspecified atom stereocenters. The quantitative estimate of drug-likeness (QED) is 0.574. The van der Waals surface area contributed by atoms with Gasteiger partial charge in [-0.2, -0.15) is 0 Å². The maximum absolute atomic E-state index is 3.81. The lowest BCUT2D eigenvalue weighted by molar-refractivity contribution is 0.0466. The Hall–Kier alpha value is -0.520. The summed E-state index contributed by atoms with van der Waals surface area (Å²) in [6, 6.07) is 0.540. The zero-order valence-corrected chi connectivity index (χ0v) is 14.7. The molecular formula is C18H36N2. The van der Waals surface area contributed by atoms with Crippen molar-refractivity contribution in [2.75, 3.05) is 19.6 Å². The molecule has 2 heteroatoms. The van der Waals surface area contributed by atoms with Crippen LogP contribution in [0.25, 0.3) is 0 Å². The normalized spacial score (nSPS) is 13.2. The van der Waals surface area contributed by atoms with E-state index in [0.29, 0.717) is 6.04 Å². The third kappa shape index (κ3) is 5.11. The van der Waals surface area contributed by atoms with Crippen LogP contribution in [-0.2, 0) is 0 Å². The van der Waals surface area contributed by atoms with Gasteiger partial charge in [0.15, 0.2) is 0 Å². The summed E-state index contributed by atoms with van der Waals surface area (Å²) in [6.07, 6.45) is 5.75. The first-order valence-electron chi connectivity index (χ1n) is 8.54. The summed E-state index contributed by atoms with van der Waals surface area (Å²) in [5.74, 6) is 6.27. The second-order valence-electron chi connectivity index (χ2n) is 5.46. The molecule has 0 rings (SSSR count). The molecule has 0 spiro atoms. The summed E-state index contributed by atoms with van der Waals surface area (Å²) < 4.78 is 0. The van der Waals surface area contributed by atoms with Crippen LogP contribution in [0.3, 0.4) is 0 Å². The highest BCUT2D eigenvalue weighted by Gasteiger charge is 2.38. The van der Waals surface area contributed by atoms with E-state index in [-0.39, 0.29) is 5.54 Å². The lowest BCUT2D eigenvalue weighted by atomic mass is 9.80. The van der Waals surface area contributed by atoms with E-state index >= 15 is 0 Å². The number of hydrogen-bond acceptors (Lipinski definition) is 2. The molecule has 0 aromatic carbocycles. The van der Waals surface area contributed by atoms with E-state index in [1.807, 2.05) is 6.92 Å². The molecule has 2 nitrogen and oxygen atoms in total. The Kier molecular flexibility index (Phi) is 10.9. The van der Waals surface area contributed by atoms with Gasteiger partial charge in [-0.15, -0.1) is 11.8 Å². The van der Waals surface area contributed by atoms with Crippen molar-refractivity contribution in [2.24, 2.45) is 0 Å². The number of nitrogens with one attached hydrogen (secondary N) is 1. The fraction of sp³-hybridized carbons (Fsp3) is 0.889. The Morgan fingerprint density at radius 1 is 1.05 bits per heavy atom. The Morgan fingerprint density at radius 3 is 2.05 bits per heavy atom. The highest BCUT2D eigenvalue weighted by Crippen LogP contribution is 2.30. The third-order valence-electron chi connectivity index (χ3n) is 4.64. The van der Waals surface area contributed by atoms with Crippen LogP contribution in [0.15, 0.2) is 0 Å². The minimum absolute atomic E-state index is 0.272. The molecule has 0 saturated carbocycles. The van der Waals surface area contributed by atoms with E-state index in [4.69, 9.17) is 0 Å². The number of hydrogen-bond donors (Lipinski definition) is 1. The van der Waals surface area contributed by atoms with Gasteiger partial charge >= 0.3 is 0 Å². The molecule has 1 atom stereocenters. The minimum Gasteiger partial charge on any atom is -0.312 e. The predicted molar refractivity (Wildman–Crippen MR) is 91.0 cm³/mol. The number of likely N-dealkylation sites (N-methyl/N-ethyl adjacent to an activating group) is 1. The van der Waals surface area contributed by atoms with Gasteiger partial charge < -0.3 is 5.32 Å². The summed E-state index contributed by atoms with van der Waals surface area (Å²) in [6.45, 7) is 16.8. The van der Waals surface area contributed by atoms with E-state index in [1.165, 1.54) is 19.3 Å². The predicted octanol–water partition coefficient (Wildman–Crippen LogP) is 4.06. The number of nitrogens with zero attached hydrogens (tertiary/aromatic N) is 1. The largest absolute Gasteiger partial charge is 0.312 e. The van der Waals surface area contributed by atoms with Crippen LogP contribution in [0.1, 0.15) is 73.6 Å². The first-order valence-corrected chi connectivity index (χ1v) is 8.54. The zero-order chi connectivity index (χ0) is 15.4. The molecule has 0 bridgehead atoms. The molecule has 20 heavy (non-hydrogen) atoms. The SMILES string of the molecule is CC#CCCC(NCCC)C(CC)(CC)N(CC)CC. The van der Waals surface area contributed by atoms with Crippen molar-refractivity contribution in [2.45, 2.75) is 85.2 Å². The summed E-state index contributed by atoms with van der Waals surface area (Å²) in [5, 5.41) is 3.81. The summed E-state index contributed by atoms with van der Waals surface area (Å²) in [5.41, 5.74) is 0.272. The van der Waals surface area contributed by atoms with Crippen molar-refractivity contribution in [3.8, 4) is 11.8 Å². The van der Waals surface area contributed by atoms with Crippen molar-refractivity contribution >= 4 is 0 Å². The lowest BCUT2D eigenvalue weighted by Crippen LogP contribution is -2.60. The fourth-order valence-corrected chi connectivity index (χ4v) is 3.48. The van der Waals surface area contributed by atoms with Crippen molar-refractivity contribution in [1.29, 1.82) is 0 Å². The molecule has 118 valence electrons. The van der Waals surface area contributed by atoms with Crippen LogP contribution in [0, 0.1) is 11.8 Å². The van der Waals surface area contributed by atoms with Crippen LogP contribution in [-0.4, -0.2) is 36.1 Å². The van der Waals surface area contributed by atoms with Crippen molar-refractivity contribution < 1.29 is 0 Å². The van der Waals surface area contributed by atoms with Crippen LogP contribution < -0.4 is 5.32 Å². The van der Waals surface area contributed by atoms with Gasteiger partial charge in [0.05, 0.1) is 0 Å². The summed E-state index contributed by atoms with van der Waals surface area (Å²) in [7, 11) is 0. The van der Waals surface area contributed by atoms with E-state index in [2.05, 4.69) is 56.7 Å². The molecule has 0 aliphatic carbocycles. The van der Waals surface area contributed by atoms with Crippen LogP contribution >= 0.6 is 0 Å². The molecule has 0 saturated heterocycles. The minimum atomic E-state index is 0.272. The molecule has 0 heterocycles. The molecule has 0 aromatic heterocycles. The average Bonchev–Trinajstić information content (AvgIpc) is 2.49. The van der Waals surface area contributed by atoms with Crippen LogP contribution in [0.2, 0.25) is 0 Å². The van der Waals surface area contributed by atoms with E-state index in [0.717, 1.165) is 32.5 Å². The second kappa shape index (κ2) is 11.2. The topological polar surface area (TPSA) is 15.3 Å². The Balaban J connectivity index is 5.17. The third-order valence-corrected chi connectivity index (χ3v) is 4.64. The fourth-order valence-electron chi connectivity index (χ4n) is 3.48. The Bertz CT molecular complexity index is 280. The van der Waals surface area contributed by atoms with Gasteiger partial charge in [0.2, 0.25) is 0 Å². The van der Waals surface area contributed by atoms with Gasteiger partial charge in [-0.05, 0) is 52.2 Å². The van der Waals surface area contributed by atoms with Crippen molar-refractivity contribution in [1.82, 2.24) is 10.2 Å². The molecule has 0 amide bonds. The molecule has 0 radical (unpaired) electrons. The van der Waals surface area contributed by atoms with Gasteiger partial charge in [-0.25, -0.2) is 0 Å². The second-order valence-corrected chi connectivity index (χ2v) is 5.46. The highest BCUT2D eigenvalue weighted by molar-refractivity contribution is 5.02. The first-order chi connectivity index (χ1) is 9.66. The molecule has 0 fully saturated rings. The van der Waals surface area contributed by atoms with Gasteiger partial charge in [-0.3, -0.25) is 4.90 Å². The average molecular weight is 280 g/mol. The summed E-state index contributed by atoms with van der Waals surface area (Å²) >= 11 is 0. The Morgan fingerprint density at radius 2 is 1.65 bits per heavy atom. The summed E-state index contributed by atoms with van der Waals surface area (Å²) in [4.78, 5) is 2.65. The monoisotopic (exact) mass is 280 g/mol. The maximum Gasteiger partial charge on any atom is 0.0357 e. The molecule has 0 aliphatic rings. The van der Waals surface area contributed by atoms with Crippen LogP contribution in [0.5, 0.6) is 0 Å². The maximum atomic E-state index is 3.81. The van der Waals surface area contributed by atoms with Crippen molar-refractivity contribution in [3.63, 3.8) is 0 Å². The molecule has 0 aromatic rings. The van der Waals surface area contributed by atoms with Crippen molar-refractivity contribution in [3.05, 3.63) is 0 Å². The van der Waals surface area contributed by atoms with Gasteiger partial charge in [0.25, 0.3) is 0 Å². The van der Waals surface area contributed by atoms with Gasteiger partial charge in [0.1, 0.15) is 0 Å². The first kappa shape index (κ1) is 19.5. The molecular weight excluding hydrogens is 244 g/mol. The van der Waals surface area contributed by atoms with Gasteiger partial charge in [0, 0.05) is 18.0 Å². The highest BCUT2D eigenvalue weighted by atomic mass is 15.2. The smallest absolute Gasteiger partial charge is 0.0357 e. The van der Waals surface area contributed by atoms with E-state index in [9.17, 15) is 0 Å². The zero-order valence-electron chi connectivity index (χ0n) is 14.7. The lowest BCUT2D eigenvalue weighted by Gasteiger charge is -2.48. The molecule has 0 aliphatic heterocycles. The van der Waals surface area contributed by atoms with E-state index in [1.54, 1.807) is 0 Å². The van der Waals surface area contributed by atoms with E-state index < -0.39 is 0 Å². The Labute approximate surface area is 127 Å². The van der Waals surface area contributed by atoms with Crippen LogP contribution in [0.4, 0.5) is 0 Å². The molecule has 1 N–H and O–H groups in total.